The number of hydrogen-bond acceptors (Lipinski definition) is 4. The molecule has 0 radical (unpaired) electrons. The molecule has 1 aliphatic heterocycles. The second-order valence-electron chi connectivity index (χ2n) is 6.94. The first-order valence-electron chi connectivity index (χ1n) is 9.82. The lowest BCUT2D eigenvalue weighted by Crippen LogP contribution is -2.40. The van der Waals surface area contributed by atoms with E-state index in [4.69, 9.17) is 9.47 Å². The number of hydrogen-bond donors (Lipinski definition) is 0. The molecule has 4 nitrogen and oxygen atoms in total. The van der Waals surface area contributed by atoms with Gasteiger partial charge in [0, 0.05) is 11.6 Å². The van der Waals surface area contributed by atoms with E-state index in [1.54, 1.807) is 13.0 Å². The van der Waals surface area contributed by atoms with Crippen LogP contribution in [0.2, 0.25) is 0 Å². The standard InChI is InChI=1S/C25H23NO3/c1-2-28-24(27)25(18-21-15-9-10-16-22(21)26-25)29-23(20-13-7-4-8-14-20)17-19-11-5-3-6-12-19/h3-16,18,23H,2,17H2,1H3. The number of carbonyl (C=O) groups is 1. The van der Waals surface area contributed by atoms with Gasteiger partial charge in [0.05, 0.1) is 18.1 Å². The molecule has 0 amide bonds. The fourth-order valence-electron chi connectivity index (χ4n) is 3.52. The SMILES string of the molecule is CCOC(=O)C1(OC(Cc2ccccc2)c2ccccc2)C=c2ccccc2=N1. The molecule has 4 rings (SSSR count). The highest BCUT2D eigenvalue weighted by atomic mass is 16.6. The first-order valence-corrected chi connectivity index (χ1v) is 9.82. The lowest BCUT2D eigenvalue weighted by molar-refractivity contribution is -0.169. The van der Waals surface area contributed by atoms with Crippen LogP contribution in [0, 0.1) is 0 Å². The van der Waals surface area contributed by atoms with Crippen LogP contribution in [0.15, 0.2) is 89.9 Å². The van der Waals surface area contributed by atoms with Gasteiger partial charge in [0.25, 0.3) is 5.72 Å². The zero-order chi connectivity index (χ0) is 20.1. The Kier molecular flexibility index (Phi) is 5.54. The highest BCUT2D eigenvalue weighted by Crippen LogP contribution is 2.31. The van der Waals surface area contributed by atoms with Gasteiger partial charge >= 0.3 is 5.97 Å². The molecule has 0 fully saturated rings. The van der Waals surface area contributed by atoms with Crippen LogP contribution >= 0.6 is 0 Å². The first-order chi connectivity index (χ1) is 14.2. The van der Waals surface area contributed by atoms with Crippen LogP contribution in [-0.2, 0) is 20.7 Å². The molecular weight excluding hydrogens is 362 g/mol. The Labute approximate surface area is 170 Å². The molecule has 2 unspecified atom stereocenters. The van der Waals surface area contributed by atoms with E-state index in [1.165, 1.54) is 0 Å². The van der Waals surface area contributed by atoms with E-state index in [1.807, 2.05) is 72.8 Å². The van der Waals surface area contributed by atoms with E-state index in [0.29, 0.717) is 6.42 Å². The molecule has 2 atom stereocenters. The lowest BCUT2D eigenvalue weighted by atomic mass is 10.0. The van der Waals surface area contributed by atoms with Crippen LogP contribution < -0.4 is 10.6 Å². The summed E-state index contributed by atoms with van der Waals surface area (Å²) < 4.78 is 11.8. The fraction of sp³-hybridized carbons (Fsp3) is 0.200. The van der Waals surface area contributed by atoms with Crippen molar-refractivity contribution in [1.82, 2.24) is 0 Å². The van der Waals surface area contributed by atoms with Gasteiger partial charge in [-0.25, -0.2) is 9.79 Å². The molecule has 4 heteroatoms. The van der Waals surface area contributed by atoms with Gasteiger partial charge in [-0.2, -0.15) is 0 Å². The predicted octanol–water partition coefficient (Wildman–Crippen LogP) is 3.36. The lowest BCUT2D eigenvalue weighted by Gasteiger charge is -2.29. The van der Waals surface area contributed by atoms with Crippen molar-refractivity contribution >= 4 is 12.0 Å². The molecule has 29 heavy (non-hydrogen) atoms. The zero-order valence-corrected chi connectivity index (χ0v) is 16.3. The average molecular weight is 385 g/mol. The minimum absolute atomic E-state index is 0.262. The Morgan fingerprint density at radius 2 is 1.59 bits per heavy atom. The summed E-state index contributed by atoms with van der Waals surface area (Å²) in [5.41, 5.74) is 0.616. The fourth-order valence-corrected chi connectivity index (χ4v) is 3.52. The molecule has 146 valence electrons. The molecule has 3 aromatic rings. The highest BCUT2D eigenvalue weighted by Gasteiger charge is 2.43. The van der Waals surface area contributed by atoms with Crippen molar-refractivity contribution in [3.8, 4) is 0 Å². The van der Waals surface area contributed by atoms with Gasteiger partial charge in [-0.3, -0.25) is 0 Å². The molecule has 0 spiro atoms. The minimum Gasteiger partial charge on any atom is -0.462 e. The van der Waals surface area contributed by atoms with Crippen LogP contribution in [0.25, 0.3) is 6.08 Å². The summed E-state index contributed by atoms with van der Waals surface area (Å²) >= 11 is 0. The number of rotatable bonds is 7. The zero-order valence-electron chi connectivity index (χ0n) is 16.3. The Morgan fingerprint density at radius 3 is 2.28 bits per heavy atom. The van der Waals surface area contributed by atoms with Crippen molar-refractivity contribution < 1.29 is 14.3 Å². The van der Waals surface area contributed by atoms with Crippen LogP contribution in [-0.4, -0.2) is 18.3 Å². The molecule has 0 N–H and O–H groups in total. The van der Waals surface area contributed by atoms with Crippen LogP contribution in [0.5, 0.6) is 0 Å². The minimum atomic E-state index is -1.49. The van der Waals surface area contributed by atoms with Crippen LogP contribution in [0.4, 0.5) is 0 Å². The number of carbonyl (C=O) groups excluding carboxylic acids is 1. The highest BCUT2D eigenvalue weighted by molar-refractivity contribution is 5.87. The molecule has 0 saturated carbocycles. The molecule has 0 aliphatic carbocycles. The average Bonchev–Trinajstić information content (AvgIpc) is 3.14. The molecule has 0 saturated heterocycles. The number of nitrogens with zero attached hydrogens (tertiary/aromatic N) is 1. The maximum Gasteiger partial charge on any atom is 0.366 e. The summed E-state index contributed by atoms with van der Waals surface area (Å²) in [6.07, 6.45) is 2.02. The topological polar surface area (TPSA) is 47.9 Å². The molecule has 0 aromatic heterocycles. The maximum atomic E-state index is 13.0. The van der Waals surface area contributed by atoms with E-state index in [-0.39, 0.29) is 12.7 Å². The maximum absolute atomic E-state index is 13.0. The van der Waals surface area contributed by atoms with E-state index in [2.05, 4.69) is 17.1 Å². The van der Waals surface area contributed by atoms with Crippen molar-refractivity contribution in [1.29, 1.82) is 0 Å². The summed E-state index contributed by atoms with van der Waals surface area (Å²) in [5.74, 6) is -0.495. The third kappa shape index (κ3) is 4.13. The van der Waals surface area contributed by atoms with Gasteiger partial charge in [-0.05, 0) is 30.2 Å². The van der Waals surface area contributed by atoms with E-state index in [9.17, 15) is 4.79 Å². The number of para-hydroxylation sites is 1. The monoisotopic (exact) mass is 385 g/mol. The third-order valence-corrected chi connectivity index (χ3v) is 4.90. The van der Waals surface area contributed by atoms with Crippen molar-refractivity contribution in [2.24, 2.45) is 4.99 Å². The molecule has 1 heterocycles. The first kappa shape index (κ1) is 19.1. The smallest absolute Gasteiger partial charge is 0.366 e. The van der Waals surface area contributed by atoms with Gasteiger partial charge in [0.15, 0.2) is 0 Å². The van der Waals surface area contributed by atoms with E-state index < -0.39 is 11.7 Å². The van der Waals surface area contributed by atoms with Crippen LogP contribution in [0.3, 0.4) is 0 Å². The Morgan fingerprint density at radius 1 is 0.931 bits per heavy atom. The van der Waals surface area contributed by atoms with Gasteiger partial charge in [-0.15, -0.1) is 0 Å². The van der Waals surface area contributed by atoms with E-state index >= 15 is 0 Å². The number of esters is 1. The second kappa shape index (κ2) is 8.41. The predicted molar refractivity (Wildman–Crippen MR) is 111 cm³/mol. The van der Waals surface area contributed by atoms with E-state index in [0.717, 1.165) is 21.7 Å². The van der Waals surface area contributed by atoms with Gasteiger partial charge < -0.3 is 9.47 Å². The third-order valence-electron chi connectivity index (χ3n) is 4.90. The van der Waals surface area contributed by atoms with Crippen LogP contribution in [0.1, 0.15) is 24.2 Å². The number of fused-ring (bicyclic) bond motifs is 1. The van der Waals surface area contributed by atoms with Crippen molar-refractivity contribution in [3.05, 3.63) is 107 Å². The molecule has 1 aliphatic rings. The quantitative estimate of drug-likeness (QED) is 0.586. The van der Waals surface area contributed by atoms with Gasteiger partial charge in [0.1, 0.15) is 0 Å². The summed E-state index contributed by atoms with van der Waals surface area (Å²) in [4.78, 5) is 17.6. The van der Waals surface area contributed by atoms with Gasteiger partial charge in [0.2, 0.25) is 0 Å². The Bertz CT molecular complexity index is 1060. The number of benzene rings is 3. The Hall–Kier alpha value is -3.24. The van der Waals surface area contributed by atoms with Crippen molar-refractivity contribution in [3.63, 3.8) is 0 Å². The normalized spacial score (nSPS) is 18.2. The summed E-state index contributed by atoms with van der Waals surface area (Å²) in [5, 5.41) is 1.60. The van der Waals surface area contributed by atoms with Gasteiger partial charge in [-0.1, -0.05) is 78.9 Å². The Balaban J connectivity index is 1.75. The largest absolute Gasteiger partial charge is 0.462 e. The summed E-state index contributed by atoms with van der Waals surface area (Å²) in [7, 11) is 0. The number of ether oxygens (including phenoxy) is 2. The summed E-state index contributed by atoms with van der Waals surface area (Å²) in [6.45, 7) is 2.05. The molecule has 0 bridgehead atoms. The molecular formula is C25H23NO3. The summed E-state index contributed by atoms with van der Waals surface area (Å²) in [6, 6.07) is 27.6. The second-order valence-corrected chi connectivity index (χ2v) is 6.94. The van der Waals surface area contributed by atoms with Crippen molar-refractivity contribution in [2.45, 2.75) is 25.2 Å². The van der Waals surface area contributed by atoms with Crippen molar-refractivity contribution in [2.75, 3.05) is 6.61 Å². The molecule has 3 aromatic carbocycles.